The van der Waals surface area contributed by atoms with Gasteiger partial charge in [-0.3, -0.25) is 0 Å². The molecule has 0 aliphatic carbocycles. The summed E-state index contributed by atoms with van der Waals surface area (Å²) >= 11 is 0. The lowest BCUT2D eigenvalue weighted by atomic mass is 10.2. The number of nitrogens with one attached hydrogen (secondary N) is 1. The molecule has 0 atom stereocenters. The highest BCUT2D eigenvalue weighted by Crippen LogP contribution is 2.10. The third kappa shape index (κ3) is 8.98. The Hall–Kier alpha value is -0.770. The molecule has 0 aromatic heterocycles. The van der Waals surface area contributed by atoms with Crippen LogP contribution in [0.25, 0.3) is 0 Å². The van der Waals surface area contributed by atoms with Gasteiger partial charge in [0.15, 0.2) is 0 Å². The quantitative estimate of drug-likeness (QED) is 0.700. The number of carbonyl (C=O) groups excluding carboxylic acids is 1. The molecule has 0 rings (SSSR count). The second-order valence-corrected chi connectivity index (χ2v) is 5.28. The number of amides is 1. The second-order valence-electron chi connectivity index (χ2n) is 5.28. The van der Waals surface area contributed by atoms with Crippen LogP contribution in [0, 0.1) is 0 Å². The van der Waals surface area contributed by atoms with Gasteiger partial charge < -0.3 is 15.0 Å². The molecule has 0 heterocycles. The molecule has 0 aromatic carbocycles. The van der Waals surface area contributed by atoms with Crippen LogP contribution in [0.4, 0.5) is 4.79 Å². The van der Waals surface area contributed by atoms with Crippen LogP contribution in [0.2, 0.25) is 0 Å². The van der Waals surface area contributed by atoms with E-state index in [0.29, 0.717) is 0 Å². The largest absolute Gasteiger partial charge is 0.444 e. The van der Waals surface area contributed by atoms with Gasteiger partial charge in [0.2, 0.25) is 0 Å². The van der Waals surface area contributed by atoms with Crippen LogP contribution >= 0.6 is 0 Å². The lowest BCUT2D eigenvalue weighted by molar-refractivity contribution is 0.0247. The van der Waals surface area contributed by atoms with Gasteiger partial charge in [-0.25, -0.2) is 4.79 Å². The number of nitrogens with zero attached hydrogens (tertiary/aromatic N) is 1. The molecule has 4 heteroatoms. The summed E-state index contributed by atoms with van der Waals surface area (Å²) in [5.41, 5.74) is -0.409. The highest BCUT2D eigenvalue weighted by atomic mass is 16.6. The topological polar surface area (TPSA) is 41.6 Å². The minimum absolute atomic E-state index is 0.191. The van der Waals surface area contributed by atoms with Crippen molar-refractivity contribution in [3.8, 4) is 0 Å². The van der Waals surface area contributed by atoms with Gasteiger partial charge >= 0.3 is 6.09 Å². The second kappa shape index (κ2) is 8.34. The van der Waals surface area contributed by atoms with E-state index in [4.69, 9.17) is 4.74 Å². The molecule has 4 nitrogen and oxygen atoms in total. The number of ether oxygens (including phenoxy) is 1. The SMILES string of the molecule is CCCN(CCCCNC)C(=O)OC(C)(C)C. The van der Waals surface area contributed by atoms with Crippen molar-refractivity contribution in [3.63, 3.8) is 0 Å². The number of rotatable bonds is 7. The van der Waals surface area contributed by atoms with Crippen molar-refractivity contribution in [1.29, 1.82) is 0 Å². The first kappa shape index (κ1) is 16.2. The zero-order valence-electron chi connectivity index (χ0n) is 12.0. The third-order valence-corrected chi connectivity index (χ3v) is 2.25. The maximum absolute atomic E-state index is 11.9. The highest BCUT2D eigenvalue weighted by molar-refractivity contribution is 5.68. The number of unbranched alkanes of at least 4 members (excludes halogenated alkanes) is 1. The van der Waals surface area contributed by atoms with Gasteiger partial charge in [0.25, 0.3) is 0 Å². The Morgan fingerprint density at radius 1 is 1.24 bits per heavy atom. The molecule has 0 unspecified atom stereocenters. The van der Waals surface area contributed by atoms with E-state index in [1.165, 1.54) is 0 Å². The molecule has 1 amide bonds. The lowest BCUT2D eigenvalue weighted by Gasteiger charge is -2.27. The summed E-state index contributed by atoms with van der Waals surface area (Å²) in [7, 11) is 1.94. The third-order valence-electron chi connectivity index (χ3n) is 2.25. The van der Waals surface area contributed by atoms with E-state index in [1.807, 2.05) is 27.8 Å². The monoisotopic (exact) mass is 244 g/mol. The highest BCUT2D eigenvalue weighted by Gasteiger charge is 2.20. The average molecular weight is 244 g/mol. The first-order valence-electron chi connectivity index (χ1n) is 6.53. The summed E-state index contributed by atoms with van der Waals surface area (Å²) in [6.45, 7) is 10.3. The molecular weight excluding hydrogens is 216 g/mol. The van der Waals surface area contributed by atoms with Crippen LogP contribution in [-0.2, 0) is 4.74 Å². The molecule has 102 valence electrons. The van der Waals surface area contributed by atoms with Gasteiger partial charge in [0.1, 0.15) is 5.60 Å². The van der Waals surface area contributed by atoms with Crippen molar-refractivity contribution in [2.24, 2.45) is 0 Å². The summed E-state index contributed by atoms with van der Waals surface area (Å²) in [4.78, 5) is 13.7. The molecule has 0 saturated carbocycles. The Labute approximate surface area is 106 Å². The van der Waals surface area contributed by atoms with Crippen LogP contribution in [0.3, 0.4) is 0 Å². The predicted octanol–water partition coefficient (Wildman–Crippen LogP) is 2.63. The first-order chi connectivity index (χ1) is 7.90. The van der Waals surface area contributed by atoms with E-state index >= 15 is 0 Å². The van der Waals surface area contributed by atoms with Crippen molar-refractivity contribution >= 4 is 6.09 Å². The van der Waals surface area contributed by atoms with Gasteiger partial charge in [-0.15, -0.1) is 0 Å². The van der Waals surface area contributed by atoms with Gasteiger partial charge in [0.05, 0.1) is 0 Å². The zero-order chi connectivity index (χ0) is 13.3. The number of hydrogen-bond donors (Lipinski definition) is 1. The van der Waals surface area contributed by atoms with E-state index in [2.05, 4.69) is 12.2 Å². The summed E-state index contributed by atoms with van der Waals surface area (Å²) in [5, 5.41) is 3.11. The Bertz CT molecular complexity index is 212. The molecule has 0 aliphatic heterocycles. The van der Waals surface area contributed by atoms with E-state index in [0.717, 1.165) is 38.9 Å². The molecule has 0 spiro atoms. The molecule has 0 fully saturated rings. The van der Waals surface area contributed by atoms with Gasteiger partial charge in [-0.2, -0.15) is 0 Å². The van der Waals surface area contributed by atoms with Crippen molar-refractivity contribution in [3.05, 3.63) is 0 Å². The summed E-state index contributed by atoms with van der Waals surface area (Å²) in [6.07, 6.45) is 2.87. The fraction of sp³-hybridized carbons (Fsp3) is 0.923. The van der Waals surface area contributed by atoms with Crippen LogP contribution in [0.5, 0.6) is 0 Å². The van der Waals surface area contributed by atoms with E-state index in [1.54, 1.807) is 4.90 Å². The molecule has 17 heavy (non-hydrogen) atoms. The summed E-state index contributed by atoms with van der Waals surface area (Å²) in [6, 6.07) is 0. The van der Waals surface area contributed by atoms with Crippen LogP contribution < -0.4 is 5.32 Å². The van der Waals surface area contributed by atoms with Crippen LogP contribution in [-0.4, -0.2) is 43.3 Å². The average Bonchev–Trinajstić information content (AvgIpc) is 2.20. The first-order valence-corrected chi connectivity index (χ1v) is 6.53. The minimum atomic E-state index is -0.409. The summed E-state index contributed by atoms with van der Waals surface area (Å²) < 4.78 is 5.38. The maximum atomic E-state index is 11.9. The Balaban J connectivity index is 4.07. The van der Waals surface area contributed by atoms with Crippen molar-refractivity contribution < 1.29 is 9.53 Å². The molecule has 0 radical (unpaired) electrons. The molecule has 0 aromatic rings. The normalized spacial score (nSPS) is 11.4. The Kier molecular flexibility index (Phi) is 7.96. The molecule has 0 bridgehead atoms. The maximum Gasteiger partial charge on any atom is 0.410 e. The fourth-order valence-electron chi connectivity index (χ4n) is 1.50. The minimum Gasteiger partial charge on any atom is -0.444 e. The Morgan fingerprint density at radius 2 is 1.88 bits per heavy atom. The van der Waals surface area contributed by atoms with Crippen molar-refractivity contribution in [2.75, 3.05) is 26.7 Å². The van der Waals surface area contributed by atoms with Gasteiger partial charge in [0, 0.05) is 13.1 Å². The Morgan fingerprint density at radius 3 is 2.35 bits per heavy atom. The fourth-order valence-corrected chi connectivity index (χ4v) is 1.50. The zero-order valence-corrected chi connectivity index (χ0v) is 12.0. The summed E-state index contributed by atoms with van der Waals surface area (Å²) in [5.74, 6) is 0. The van der Waals surface area contributed by atoms with E-state index in [-0.39, 0.29) is 6.09 Å². The van der Waals surface area contributed by atoms with E-state index in [9.17, 15) is 4.79 Å². The molecule has 0 aliphatic rings. The predicted molar refractivity (Wildman–Crippen MR) is 71.3 cm³/mol. The molecule has 1 N–H and O–H groups in total. The van der Waals surface area contributed by atoms with Crippen molar-refractivity contribution in [2.45, 2.75) is 52.6 Å². The number of hydrogen-bond acceptors (Lipinski definition) is 3. The van der Waals surface area contributed by atoms with Crippen LogP contribution in [0.1, 0.15) is 47.0 Å². The molecule has 0 saturated heterocycles. The van der Waals surface area contributed by atoms with Crippen molar-refractivity contribution in [1.82, 2.24) is 10.2 Å². The van der Waals surface area contributed by atoms with Gasteiger partial charge in [-0.05, 0) is 53.6 Å². The van der Waals surface area contributed by atoms with Crippen LogP contribution in [0.15, 0.2) is 0 Å². The molecular formula is C13H28N2O2. The smallest absolute Gasteiger partial charge is 0.410 e. The lowest BCUT2D eigenvalue weighted by Crippen LogP contribution is -2.38. The van der Waals surface area contributed by atoms with Gasteiger partial charge in [-0.1, -0.05) is 6.92 Å². The number of carbonyl (C=O) groups is 1. The standard InChI is InChI=1S/C13H28N2O2/c1-6-10-15(11-8-7-9-14-5)12(16)17-13(2,3)4/h14H,6-11H2,1-5H3. The van der Waals surface area contributed by atoms with E-state index < -0.39 is 5.60 Å².